The van der Waals surface area contributed by atoms with Gasteiger partial charge in [0.25, 0.3) is 5.91 Å². The van der Waals surface area contributed by atoms with Crippen LogP contribution >= 0.6 is 0 Å². The van der Waals surface area contributed by atoms with E-state index >= 15 is 0 Å². The van der Waals surface area contributed by atoms with Gasteiger partial charge in [0, 0.05) is 32.4 Å². The van der Waals surface area contributed by atoms with Crippen molar-refractivity contribution in [3.05, 3.63) is 23.6 Å². The maximum atomic E-state index is 14.2. The molecule has 1 aromatic rings. The van der Waals surface area contributed by atoms with Crippen LogP contribution in [0.3, 0.4) is 0 Å². The van der Waals surface area contributed by atoms with E-state index in [1.165, 1.54) is 12.3 Å². The fourth-order valence-electron chi connectivity index (χ4n) is 2.67. The standard InChI is InChI=1S/C14H21FN4O2/c1-16-13-12(15)11(4-5-17-13)14(21)19-8-10(20)6-9(19)7-18(2)3/h4-5,9-10,20H,6-8H2,1-3H3,(H,16,17). The van der Waals surface area contributed by atoms with Gasteiger partial charge in [0.15, 0.2) is 11.6 Å². The van der Waals surface area contributed by atoms with Crippen molar-refractivity contribution in [1.29, 1.82) is 0 Å². The molecule has 21 heavy (non-hydrogen) atoms. The Labute approximate surface area is 123 Å². The van der Waals surface area contributed by atoms with Crippen LogP contribution < -0.4 is 5.32 Å². The van der Waals surface area contributed by atoms with E-state index in [-0.39, 0.29) is 24.0 Å². The van der Waals surface area contributed by atoms with Crippen LogP contribution in [0.1, 0.15) is 16.8 Å². The second kappa shape index (κ2) is 6.36. The number of aliphatic hydroxyl groups excluding tert-OH is 1. The largest absolute Gasteiger partial charge is 0.391 e. The highest BCUT2D eigenvalue weighted by Crippen LogP contribution is 2.23. The minimum Gasteiger partial charge on any atom is -0.391 e. The number of carbonyl (C=O) groups is 1. The molecule has 1 amide bonds. The zero-order chi connectivity index (χ0) is 15.6. The molecule has 0 radical (unpaired) electrons. The van der Waals surface area contributed by atoms with Crippen molar-refractivity contribution in [2.24, 2.45) is 0 Å². The Morgan fingerprint density at radius 2 is 2.33 bits per heavy atom. The molecule has 1 saturated heterocycles. The number of likely N-dealkylation sites (tertiary alicyclic amines) is 1. The van der Waals surface area contributed by atoms with Crippen molar-refractivity contribution in [1.82, 2.24) is 14.8 Å². The highest BCUT2D eigenvalue weighted by Gasteiger charge is 2.36. The van der Waals surface area contributed by atoms with E-state index in [0.29, 0.717) is 13.0 Å². The van der Waals surface area contributed by atoms with Gasteiger partial charge in [-0.05, 0) is 26.6 Å². The first-order valence-corrected chi connectivity index (χ1v) is 6.90. The van der Waals surface area contributed by atoms with Crippen LogP contribution in [0.5, 0.6) is 0 Å². The molecule has 2 atom stereocenters. The van der Waals surface area contributed by atoms with Gasteiger partial charge >= 0.3 is 0 Å². The molecule has 2 N–H and O–H groups in total. The van der Waals surface area contributed by atoms with Gasteiger partial charge in [0.1, 0.15) is 0 Å². The molecular weight excluding hydrogens is 275 g/mol. The van der Waals surface area contributed by atoms with E-state index in [0.717, 1.165) is 0 Å². The first kappa shape index (κ1) is 15.7. The van der Waals surface area contributed by atoms with Crippen LogP contribution in [-0.2, 0) is 0 Å². The quantitative estimate of drug-likeness (QED) is 0.842. The molecule has 1 aliphatic rings. The van der Waals surface area contributed by atoms with Crippen LogP contribution in [0.15, 0.2) is 12.3 Å². The molecule has 1 fully saturated rings. The monoisotopic (exact) mass is 296 g/mol. The van der Waals surface area contributed by atoms with E-state index in [9.17, 15) is 14.3 Å². The minimum atomic E-state index is -0.657. The van der Waals surface area contributed by atoms with E-state index in [1.807, 2.05) is 19.0 Å². The highest BCUT2D eigenvalue weighted by molar-refractivity contribution is 5.95. The number of β-amino-alcohol motifs (C(OH)–C–C–N with tert-alkyl or cyclic N) is 1. The van der Waals surface area contributed by atoms with Crippen molar-refractivity contribution in [2.75, 3.05) is 39.5 Å². The molecule has 0 saturated carbocycles. The van der Waals surface area contributed by atoms with E-state index < -0.39 is 17.8 Å². The molecule has 0 bridgehead atoms. The molecule has 0 aromatic carbocycles. The molecule has 6 nitrogen and oxygen atoms in total. The summed E-state index contributed by atoms with van der Waals surface area (Å²) in [6.45, 7) is 0.863. The molecule has 116 valence electrons. The molecule has 7 heteroatoms. The number of nitrogens with zero attached hydrogens (tertiary/aromatic N) is 3. The molecule has 0 spiro atoms. The van der Waals surface area contributed by atoms with Gasteiger partial charge in [0.2, 0.25) is 0 Å². The van der Waals surface area contributed by atoms with E-state index in [1.54, 1.807) is 11.9 Å². The van der Waals surface area contributed by atoms with Crippen LogP contribution in [0.4, 0.5) is 10.2 Å². The van der Waals surface area contributed by atoms with Crippen molar-refractivity contribution in [3.63, 3.8) is 0 Å². The molecule has 2 rings (SSSR count). The van der Waals surface area contributed by atoms with Crippen LogP contribution in [-0.4, -0.2) is 72.2 Å². The number of likely N-dealkylation sites (N-methyl/N-ethyl adjacent to an activating group) is 1. The number of aliphatic hydroxyl groups is 1. The van der Waals surface area contributed by atoms with Crippen molar-refractivity contribution >= 4 is 11.7 Å². The number of rotatable bonds is 4. The first-order chi connectivity index (χ1) is 9.93. The Morgan fingerprint density at radius 3 is 2.95 bits per heavy atom. The molecule has 1 aromatic heterocycles. The molecule has 2 heterocycles. The number of amides is 1. The van der Waals surface area contributed by atoms with Crippen LogP contribution in [0, 0.1) is 5.82 Å². The molecule has 1 aliphatic heterocycles. The number of carbonyl (C=O) groups excluding carboxylic acids is 1. The number of pyridine rings is 1. The molecular formula is C14H21FN4O2. The molecule has 0 aliphatic carbocycles. The lowest BCUT2D eigenvalue weighted by Crippen LogP contribution is -2.41. The second-order valence-corrected chi connectivity index (χ2v) is 5.53. The smallest absolute Gasteiger partial charge is 0.257 e. The lowest BCUT2D eigenvalue weighted by molar-refractivity contribution is 0.0694. The van der Waals surface area contributed by atoms with Gasteiger partial charge < -0.3 is 20.2 Å². The Balaban J connectivity index is 2.26. The maximum Gasteiger partial charge on any atom is 0.257 e. The summed E-state index contributed by atoms with van der Waals surface area (Å²) in [5, 5.41) is 12.4. The lowest BCUT2D eigenvalue weighted by Gasteiger charge is -2.27. The fourth-order valence-corrected chi connectivity index (χ4v) is 2.67. The van der Waals surface area contributed by atoms with Crippen molar-refractivity contribution in [2.45, 2.75) is 18.6 Å². The lowest BCUT2D eigenvalue weighted by atomic mass is 10.1. The van der Waals surface area contributed by atoms with Crippen molar-refractivity contribution < 1.29 is 14.3 Å². The summed E-state index contributed by atoms with van der Waals surface area (Å²) in [7, 11) is 5.35. The SMILES string of the molecule is CNc1nccc(C(=O)N2CC(O)CC2CN(C)C)c1F. The third-order valence-electron chi connectivity index (χ3n) is 3.59. The average molecular weight is 296 g/mol. The Hall–Kier alpha value is -1.73. The highest BCUT2D eigenvalue weighted by atomic mass is 19.1. The predicted octanol–water partition coefficient (Wildman–Crippen LogP) is 0.399. The second-order valence-electron chi connectivity index (χ2n) is 5.53. The van der Waals surface area contributed by atoms with Gasteiger partial charge in [-0.25, -0.2) is 9.37 Å². The van der Waals surface area contributed by atoms with Gasteiger partial charge in [-0.1, -0.05) is 0 Å². The van der Waals surface area contributed by atoms with E-state index in [4.69, 9.17) is 0 Å². The summed E-state index contributed by atoms with van der Waals surface area (Å²) in [5.41, 5.74) is -0.0211. The fraction of sp³-hybridized carbons (Fsp3) is 0.571. The summed E-state index contributed by atoms with van der Waals surface area (Å²) in [5.74, 6) is -1.02. The first-order valence-electron chi connectivity index (χ1n) is 6.90. The average Bonchev–Trinajstić information content (AvgIpc) is 2.78. The van der Waals surface area contributed by atoms with E-state index in [2.05, 4.69) is 10.3 Å². The third-order valence-corrected chi connectivity index (χ3v) is 3.59. The summed E-state index contributed by atoms with van der Waals surface area (Å²) >= 11 is 0. The predicted molar refractivity (Wildman–Crippen MR) is 77.7 cm³/mol. The normalized spacial score (nSPS) is 21.9. The third kappa shape index (κ3) is 3.30. The minimum absolute atomic E-state index is 0.0211. The van der Waals surface area contributed by atoms with Crippen LogP contribution in [0.2, 0.25) is 0 Å². The summed E-state index contributed by atoms with van der Waals surface area (Å²) in [6.07, 6.45) is 1.35. The number of hydrogen-bond donors (Lipinski definition) is 2. The number of halogens is 1. The summed E-state index contributed by atoms with van der Waals surface area (Å²) < 4.78 is 14.2. The van der Waals surface area contributed by atoms with Gasteiger partial charge in [-0.2, -0.15) is 0 Å². The van der Waals surface area contributed by atoms with Gasteiger partial charge in [-0.15, -0.1) is 0 Å². The van der Waals surface area contributed by atoms with Crippen LogP contribution in [0.25, 0.3) is 0 Å². The topological polar surface area (TPSA) is 68.7 Å². The van der Waals surface area contributed by atoms with Crippen molar-refractivity contribution in [3.8, 4) is 0 Å². The molecule has 2 unspecified atom stereocenters. The summed E-state index contributed by atoms with van der Waals surface area (Å²) in [4.78, 5) is 19.9. The number of hydrogen-bond acceptors (Lipinski definition) is 5. The zero-order valence-electron chi connectivity index (χ0n) is 12.5. The number of anilines is 1. The number of nitrogens with one attached hydrogen (secondary N) is 1. The van der Waals surface area contributed by atoms with Gasteiger partial charge in [-0.3, -0.25) is 4.79 Å². The number of aromatic nitrogens is 1. The summed E-state index contributed by atoms with van der Waals surface area (Å²) in [6, 6.07) is 1.25. The Bertz CT molecular complexity index is 524. The Kier molecular flexibility index (Phi) is 4.74. The Morgan fingerprint density at radius 1 is 1.62 bits per heavy atom. The zero-order valence-corrected chi connectivity index (χ0v) is 12.5. The maximum absolute atomic E-state index is 14.2. The van der Waals surface area contributed by atoms with Gasteiger partial charge in [0.05, 0.1) is 11.7 Å².